The van der Waals surface area contributed by atoms with Gasteiger partial charge in [-0.15, -0.1) is 0 Å². The molecule has 13 heteroatoms. The zero-order valence-corrected chi connectivity index (χ0v) is 13.9. The van der Waals surface area contributed by atoms with E-state index >= 15 is 0 Å². The van der Waals surface area contributed by atoms with Gasteiger partial charge in [0.2, 0.25) is 0 Å². The highest BCUT2D eigenvalue weighted by Gasteiger charge is 2.61. The van der Waals surface area contributed by atoms with Crippen molar-refractivity contribution in [3.63, 3.8) is 0 Å². The number of alkyl halides is 3. The number of aromatic amines is 1. The summed E-state index contributed by atoms with van der Waals surface area (Å²) in [4.78, 5) is 36.6. The van der Waals surface area contributed by atoms with Gasteiger partial charge in [-0.3, -0.25) is 19.1 Å². The van der Waals surface area contributed by atoms with Crippen LogP contribution in [-0.2, 0) is 14.3 Å². The summed E-state index contributed by atoms with van der Waals surface area (Å²) in [5.41, 5.74) is -3.50. The standard InChI is InChI=1S/C15H14F3N3O7/c16-15(17,18)12(25)19-3-1-2-7-4-21(13(26)20-10(7)24)11-8-9(23)14(5-22,28-11)6-27-8/h4,8-9,11,22-23H,3,5-6H2,(H,19,25)(H,20,24,26)/t8?,9?,11-,14+/m1/s1. The number of amides is 1. The number of ether oxygens (including phenoxy) is 2. The Kier molecular flexibility index (Phi) is 5.06. The molecule has 0 saturated carbocycles. The fourth-order valence-corrected chi connectivity index (χ4v) is 2.88. The van der Waals surface area contributed by atoms with E-state index in [4.69, 9.17) is 9.47 Å². The van der Waals surface area contributed by atoms with E-state index in [0.29, 0.717) is 0 Å². The predicted molar refractivity (Wildman–Crippen MR) is 83.0 cm³/mol. The number of carbonyl (C=O) groups is 1. The van der Waals surface area contributed by atoms with Crippen molar-refractivity contribution >= 4 is 5.91 Å². The number of nitrogens with one attached hydrogen (secondary N) is 2. The molecule has 3 rings (SSSR count). The molecule has 0 radical (unpaired) electrons. The molecule has 10 nitrogen and oxygen atoms in total. The third-order valence-corrected chi connectivity index (χ3v) is 4.33. The van der Waals surface area contributed by atoms with Crippen LogP contribution < -0.4 is 16.6 Å². The first-order chi connectivity index (χ1) is 13.1. The Labute approximate surface area is 153 Å². The maximum Gasteiger partial charge on any atom is 0.471 e. The fourth-order valence-electron chi connectivity index (χ4n) is 2.88. The van der Waals surface area contributed by atoms with E-state index < -0.39 is 60.5 Å². The second kappa shape index (κ2) is 7.06. The normalized spacial score (nSPS) is 28.7. The van der Waals surface area contributed by atoms with Crippen LogP contribution in [0.25, 0.3) is 0 Å². The minimum absolute atomic E-state index is 0.0878. The number of fused-ring (bicyclic) bond motifs is 2. The van der Waals surface area contributed by atoms with E-state index in [1.165, 1.54) is 5.32 Å². The first kappa shape index (κ1) is 20.1. The molecule has 152 valence electrons. The van der Waals surface area contributed by atoms with Gasteiger partial charge in [0.05, 0.1) is 19.8 Å². The molecule has 0 aromatic carbocycles. The van der Waals surface area contributed by atoms with Gasteiger partial charge in [-0.05, 0) is 0 Å². The molecule has 2 saturated heterocycles. The van der Waals surface area contributed by atoms with Crippen molar-refractivity contribution in [1.82, 2.24) is 14.9 Å². The van der Waals surface area contributed by atoms with E-state index in [9.17, 15) is 37.8 Å². The Morgan fingerprint density at radius 3 is 2.79 bits per heavy atom. The molecule has 3 heterocycles. The summed E-state index contributed by atoms with van der Waals surface area (Å²) in [5, 5.41) is 21.1. The minimum Gasteiger partial charge on any atom is -0.393 e. The number of H-pyrrole nitrogens is 1. The molecule has 0 spiro atoms. The summed E-state index contributed by atoms with van der Waals surface area (Å²) in [5.74, 6) is 2.23. The Morgan fingerprint density at radius 1 is 1.46 bits per heavy atom. The third kappa shape index (κ3) is 3.42. The molecule has 1 aromatic rings. The summed E-state index contributed by atoms with van der Waals surface area (Å²) in [6.45, 7) is -1.34. The molecular formula is C15H14F3N3O7. The van der Waals surface area contributed by atoms with Crippen molar-refractivity contribution in [1.29, 1.82) is 0 Å². The average molecular weight is 405 g/mol. The lowest BCUT2D eigenvalue weighted by Crippen LogP contribution is -2.44. The molecule has 2 aliphatic rings. The Morgan fingerprint density at radius 2 is 2.18 bits per heavy atom. The number of rotatable bonds is 3. The highest BCUT2D eigenvalue weighted by atomic mass is 19.4. The van der Waals surface area contributed by atoms with E-state index in [-0.39, 0.29) is 12.2 Å². The monoisotopic (exact) mass is 405 g/mol. The van der Waals surface area contributed by atoms with Crippen LogP contribution in [0.4, 0.5) is 13.2 Å². The van der Waals surface area contributed by atoms with E-state index in [1.54, 1.807) is 0 Å². The lowest BCUT2D eigenvalue weighted by atomic mass is 10.0. The Hall–Kier alpha value is -2.66. The summed E-state index contributed by atoms with van der Waals surface area (Å²) < 4.78 is 48.0. The van der Waals surface area contributed by atoms with Crippen LogP contribution in [0.1, 0.15) is 11.8 Å². The smallest absolute Gasteiger partial charge is 0.393 e. The van der Waals surface area contributed by atoms with Gasteiger partial charge in [0, 0.05) is 6.20 Å². The van der Waals surface area contributed by atoms with Crippen LogP contribution in [0.15, 0.2) is 15.8 Å². The van der Waals surface area contributed by atoms with Gasteiger partial charge in [0.1, 0.15) is 23.4 Å². The average Bonchev–Trinajstić information content (AvgIpc) is 3.09. The van der Waals surface area contributed by atoms with Crippen LogP contribution in [0, 0.1) is 11.8 Å². The van der Waals surface area contributed by atoms with Gasteiger partial charge < -0.3 is 25.0 Å². The highest BCUT2D eigenvalue weighted by Crippen LogP contribution is 2.44. The first-order valence-corrected chi connectivity index (χ1v) is 7.87. The number of halogens is 3. The topological polar surface area (TPSA) is 143 Å². The number of nitrogens with zero attached hydrogens (tertiary/aromatic N) is 1. The number of hydrogen-bond donors (Lipinski definition) is 4. The van der Waals surface area contributed by atoms with Gasteiger partial charge in [-0.2, -0.15) is 13.2 Å². The lowest BCUT2D eigenvalue weighted by Gasteiger charge is -2.29. The minimum atomic E-state index is -5.06. The van der Waals surface area contributed by atoms with Gasteiger partial charge in [0.25, 0.3) is 5.56 Å². The fraction of sp³-hybridized carbons (Fsp3) is 0.533. The van der Waals surface area contributed by atoms with Crippen molar-refractivity contribution in [2.45, 2.75) is 30.2 Å². The quantitative estimate of drug-likeness (QED) is 0.410. The van der Waals surface area contributed by atoms with Crippen LogP contribution in [-0.4, -0.2) is 69.4 Å². The molecule has 4 atom stereocenters. The van der Waals surface area contributed by atoms with Crippen LogP contribution in [0.2, 0.25) is 0 Å². The maximum atomic E-state index is 12.1. The molecule has 2 unspecified atom stereocenters. The number of carbonyl (C=O) groups excluding carboxylic acids is 1. The molecule has 1 amide bonds. The number of aliphatic hydroxyl groups excluding tert-OH is 2. The number of hydrogen-bond acceptors (Lipinski definition) is 7. The third-order valence-electron chi connectivity index (χ3n) is 4.33. The van der Waals surface area contributed by atoms with E-state index in [0.717, 1.165) is 10.8 Å². The zero-order chi connectivity index (χ0) is 20.7. The van der Waals surface area contributed by atoms with Crippen molar-refractivity contribution in [3.8, 4) is 11.8 Å². The second-order valence-corrected chi connectivity index (χ2v) is 6.14. The molecule has 0 aliphatic carbocycles. The summed E-state index contributed by atoms with van der Waals surface area (Å²) >= 11 is 0. The largest absolute Gasteiger partial charge is 0.471 e. The summed E-state index contributed by atoms with van der Waals surface area (Å²) in [7, 11) is 0. The molecule has 2 bridgehead atoms. The van der Waals surface area contributed by atoms with Crippen LogP contribution >= 0.6 is 0 Å². The maximum absolute atomic E-state index is 12.1. The van der Waals surface area contributed by atoms with Crippen LogP contribution in [0.3, 0.4) is 0 Å². The van der Waals surface area contributed by atoms with Gasteiger partial charge in [0.15, 0.2) is 6.23 Å². The second-order valence-electron chi connectivity index (χ2n) is 6.14. The van der Waals surface area contributed by atoms with Crippen molar-refractivity contribution in [3.05, 3.63) is 32.6 Å². The lowest BCUT2D eigenvalue weighted by molar-refractivity contribution is -0.187. The van der Waals surface area contributed by atoms with E-state index in [2.05, 4.69) is 11.8 Å². The predicted octanol–water partition coefficient (Wildman–Crippen LogP) is -2.41. The summed E-state index contributed by atoms with van der Waals surface area (Å²) in [6.07, 6.45) is -7.43. The SMILES string of the molecule is O=C(NCC#Cc1cn([C@@H]2O[C@@]3(CO)COC2C3O)c(=O)[nH]c1=O)C(F)(F)F. The summed E-state index contributed by atoms with van der Waals surface area (Å²) in [6, 6.07) is 0. The number of aromatic nitrogens is 2. The Balaban J connectivity index is 1.82. The number of aliphatic hydroxyl groups is 2. The molecule has 28 heavy (non-hydrogen) atoms. The van der Waals surface area contributed by atoms with Crippen molar-refractivity contribution < 1.29 is 37.7 Å². The zero-order valence-electron chi connectivity index (χ0n) is 13.9. The Bertz CT molecular complexity index is 961. The molecule has 2 aliphatic heterocycles. The molecule has 1 aromatic heterocycles. The van der Waals surface area contributed by atoms with Gasteiger partial charge >= 0.3 is 17.8 Å². The highest BCUT2D eigenvalue weighted by molar-refractivity contribution is 5.81. The van der Waals surface area contributed by atoms with Crippen molar-refractivity contribution in [2.24, 2.45) is 0 Å². The molecule has 4 N–H and O–H groups in total. The van der Waals surface area contributed by atoms with Crippen LogP contribution in [0.5, 0.6) is 0 Å². The van der Waals surface area contributed by atoms with E-state index in [1.807, 2.05) is 4.98 Å². The van der Waals surface area contributed by atoms with Crippen molar-refractivity contribution in [2.75, 3.05) is 19.8 Å². The first-order valence-electron chi connectivity index (χ1n) is 7.87. The van der Waals surface area contributed by atoms with Gasteiger partial charge in [-0.1, -0.05) is 11.8 Å². The molecule has 2 fully saturated rings. The molecular weight excluding hydrogens is 391 g/mol. The van der Waals surface area contributed by atoms with Gasteiger partial charge in [-0.25, -0.2) is 4.79 Å².